The fourth-order valence-electron chi connectivity index (χ4n) is 2.52. The van der Waals surface area contributed by atoms with Crippen molar-refractivity contribution in [3.8, 4) is 12.1 Å². The highest BCUT2D eigenvalue weighted by Crippen LogP contribution is 2.22. The Morgan fingerprint density at radius 1 is 0.812 bits per heavy atom. The summed E-state index contributed by atoms with van der Waals surface area (Å²) >= 11 is 2.75. The van der Waals surface area contributed by atoms with Crippen LogP contribution in [0.1, 0.15) is 35.4 Å². The molecule has 0 aliphatic rings. The standard InChI is InChI=1S/C22H24N6O2S2/c1-15-3-5-17(13-23)21(27-15)31-11-7-19(29)25-9-10-26-20(30)8-12-32-22-18(14-24)6-4-16(2)28-22/h3-6H,7-12H2,1-2H3,(H,25,29)(H,26,30). The van der Waals surface area contributed by atoms with E-state index in [1.165, 1.54) is 23.5 Å². The number of nitrogens with one attached hydrogen (secondary N) is 2. The summed E-state index contributed by atoms with van der Waals surface area (Å²) in [7, 11) is 0. The SMILES string of the molecule is Cc1ccc(C#N)c(SCCC(=O)NCCNC(=O)CCSc2nc(C)ccc2C#N)n1. The maximum Gasteiger partial charge on any atom is 0.220 e. The highest BCUT2D eigenvalue weighted by Gasteiger charge is 2.09. The second-order valence-corrected chi connectivity index (χ2v) is 8.90. The fraction of sp³-hybridized carbons (Fsp3) is 0.364. The Kier molecular flexibility index (Phi) is 10.5. The zero-order chi connectivity index (χ0) is 23.3. The second-order valence-electron chi connectivity index (χ2n) is 6.73. The number of carbonyl (C=O) groups excluding carboxylic acids is 2. The number of pyridine rings is 2. The maximum atomic E-state index is 12.0. The molecule has 0 spiro atoms. The van der Waals surface area contributed by atoms with Gasteiger partial charge in [0.1, 0.15) is 22.2 Å². The largest absolute Gasteiger partial charge is 0.354 e. The van der Waals surface area contributed by atoms with Crippen LogP contribution in [0.5, 0.6) is 0 Å². The topological polar surface area (TPSA) is 132 Å². The van der Waals surface area contributed by atoms with Crippen molar-refractivity contribution in [2.24, 2.45) is 0 Å². The summed E-state index contributed by atoms with van der Waals surface area (Å²) < 4.78 is 0. The van der Waals surface area contributed by atoms with Gasteiger partial charge in [-0.2, -0.15) is 10.5 Å². The van der Waals surface area contributed by atoms with Crippen LogP contribution >= 0.6 is 23.5 Å². The Hall–Kier alpha value is -3.08. The molecule has 2 aromatic rings. The van der Waals surface area contributed by atoms with Crippen molar-refractivity contribution in [1.82, 2.24) is 20.6 Å². The van der Waals surface area contributed by atoms with Gasteiger partial charge in [0.15, 0.2) is 0 Å². The van der Waals surface area contributed by atoms with Gasteiger partial charge < -0.3 is 10.6 Å². The monoisotopic (exact) mass is 468 g/mol. The van der Waals surface area contributed by atoms with Crippen LogP contribution in [0.3, 0.4) is 0 Å². The lowest BCUT2D eigenvalue weighted by atomic mass is 10.3. The Morgan fingerprint density at radius 2 is 1.22 bits per heavy atom. The zero-order valence-electron chi connectivity index (χ0n) is 18.0. The van der Waals surface area contributed by atoms with Crippen molar-refractivity contribution in [3.05, 3.63) is 46.8 Å². The van der Waals surface area contributed by atoms with Gasteiger partial charge in [-0.15, -0.1) is 23.5 Å². The molecule has 32 heavy (non-hydrogen) atoms. The molecular formula is C22H24N6O2S2. The van der Waals surface area contributed by atoms with Gasteiger partial charge in [0.2, 0.25) is 11.8 Å². The molecule has 0 unspecified atom stereocenters. The number of rotatable bonds is 11. The molecule has 0 aliphatic heterocycles. The minimum absolute atomic E-state index is 0.122. The van der Waals surface area contributed by atoms with Gasteiger partial charge in [-0.25, -0.2) is 9.97 Å². The van der Waals surface area contributed by atoms with Gasteiger partial charge in [0.05, 0.1) is 11.1 Å². The Bertz CT molecular complexity index is 962. The molecule has 2 rings (SSSR count). The van der Waals surface area contributed by atoms with Crippen molar-refractivity contribution < 1.29 is 9.59 Å². The molecule has 8 nitrogen and oxygen atoms in total. The number of carbonyl (C=O) groups is 2. The van der Waals surface area contributed by atoms with Crippen LogP contribution < -0.4 is 10.6 Å². The molecule has 0 radical (unpaired) electrons. The summed E-state index contributed by atoms with van der Waals surface area (Å²) in [6.45, 7) is 4.39. The van der Waals surface area contributed by atoms with Crippen molar-refractivity contribution in [2.75, 3.05) is 24.6 Å². The van der Waals surface area contributed by atoms with E-state index in [1.54, 1.807) is 24.3 Å². The van der Waals surface area contributed by atoms with E-state index < -0.39 is 0 Å². The van der Waals surface area contributed by atoms with E-state index in [4.69, 9.17) is 10.5 Å². The summed E-state index contributed by atoms with van der Waals surface area (Å²) in [5.74, 6) is 0.780. The zero-order valence-corrected chi connectivity index (χ0v) is 19.6. The van der Waals surface area contributed by atoms with Gasteiger partial charge in [0, 0.05) is 48.8 Å². The summed E-state index contributed by atoms with van der Waals surface area (Å²) in [6, 6.07) is 11.2. The molecule has 2 N–H and O–H groups in total. The Balaban J connectivity index is 1.59. The van der Waals surface area contributed by atoms with Crippen LogP contribution in [0.2, 0.25) is 0 Å². The molecule has 166 valence electrons. The molecule has 0 fully saturated rings. The average Bonchev–Trinajstić information content (AvgIpc) is 2.77. The van der Waals surface area contributed by atoms with Crippen LogP contribution in [0, 0.1) is 36.5 Å². The van der Waals surface area contributed by atoms with Gasteiger partial charge in [-0.1, -0.05) is 0 Å². The fourth-order valence-corrected chi connectivity index (χ4v) is 4.43. The molecule has 0 bridgehead atoms. The number of hydrogen-bond donors (Lipinski definition) is 2. The van der Waals surface area contributed by atoms with Crippen LogP contribution in [0.25, 0.3) is 0 Å². The maximum absolute atomic E-state index is 12.0. The van der Waals surface area contributed by atoms with Crippen molar-refractivity contribution in [3.63, 3.8) is 0 Å². The summed E-state index contributed by atoms with van der Waals surface area (Å²) in [5, 5.41) is 25.0. The first-order chi connectivity index (χ1) is 15.4. The summed E-state index contributed by atoms with van der Waals surface area (Å²) in [5.41, 5.74) is 2.66. The van der Waals surface area contributed by atoms with Gasteiger partial charge in [-0.3, -0.25) is 9.59 Å². The Morgan fingerprint density at radius 3 is 1.59 bits per heavy atom. The highest BCUT2D eigenvalue weighted by atomic mass is 32.2. The van der Waals surface area contributed by atoms with Crippen molar-refractivity contribution in [2.45, 2.75) is 36.7 Å². The number of hydrogen-bond acceptors (Lipinski definition) is 8. The predicted molar refractivity (Wildman–Crippen MR) is 124 cm³/mol. The van der Waals surface area contributed by atoms with E-state index >= 15 is 0 Å². The second kappa shape index (κ2) is 13.4. The quantitative estimate of drug-likeness (QED) is 0.380. The van der Waals surface area contributed by atoms with E-state index in [9.17, 15) is 9.59 Å². The van der Waals surface area contributed by atoms with Crippen LogP contribution in [-0.2, 0) is 9.59 Å². The number of nitrogens with zero attached hydrogens (tertiary/aromatic N) is 4. The molecule has 0 aliphatic carbocycles. The molecule has 0 saturated heterocycles. The third-order valence-corrected chi connectivity index (χ3v) is 6.13. The minimum atomic E-state index is -0.122. The number of aromatic nitrogens is 2. The molecule has 2 heterocycles. The Labute approximate surface area is 196 Å². The lowest BCUT2D eigenvalue weighted by molar-refractivity contribution is -0.122. The van der Waals surface area contributed by atoms with E-state index in [0.29, 0.717) is 58.6 Å². The molecule has 0 saturated carbocycles. The first kappa shape index (κ1) is 25.2. The predicted octanol–water partition coefficient (Wildman–Crippen LogP) is 2.73. The van der Waals surface area contributed by atoms with Gasteiger partial charge in [0.25, 0.3) is 0 Å². The lowest BCUT2D eigenvalue weighted by Gasteiger charge is -2.08. The third kappa shape index (κ3) is 8.58. The number of thioether (sulfide) groups is 2. The van der Waals surface area contributed by atoms with Crippen LogP contribution in [0.15, 0.2) is 34.3 Å². The van der Waals surface area contributed by atoms with E-state index in [0.717, 1.165) is 11.4 Å². The first-order valence-electron chi connectivity index (χ1n) is 9.97. The molecule has 0 aromatic carbocycles. The summed E-state index contributed by atoms with van der Waals surface area (Å²) in [6.07, 6.45) is 0.584. The van der Waals surface area contributed by atoms with E-state index in [2.05, 4.69) is 32.7 Å². The van der Waals surface area contributed by atoms with Gasteiger partial charge >= 0.3 is 0 Å². The molecule has 2 amide bonds. The third-order valence-electron chi connectivity index (χ3n) is 4.15. The smallest absolute Gasteiger partial charge is 0.220 e. The normalized spacial score (nSPS) is 10.1. The summed E-state index contributed by atoms with van der Waals surface area (Å²) in [4.78, 5) is 32.6. The van der Waals surface area contributed by atoms with Crippen molar-refractivity contribution >= 4 is 35.3 Å². The van der Waals surface area contributed by atoms with Crippen LogP contribution in [-0.4, -0.2) is 46.4 Å². The van der Waals surface area contributed by atoms with Crippen LogP contribution in [0.4, 0.5) is 0 Å². The van der Waals surface area contributed by atoms with E-state index in [-0.39, 0.29) is 11.8 Å². The van der Waals surface area contributed by atoms with Gasteiger partial charge in [-0.05, 0) is 38.1 Å². The highest BCUT2D eigenvalue weighted by molar-refractivity contribution is 7.99. The van der Waals surface area contributed by atoms with Crippen molar-refractivity contribution in [1.29, 1.82) is 10.5 Å². The minimum Gasteiger partial charge on any atom is -0.354 e. The molecular weight excluding hydrogens is 444 g/mol. The molecule has 10 heteroatoms. The average molecular weight is 469 g/mol. The lowest BCUT2D eigenvalue weighted by Crippen LogP contribution is -2.34. The molecule has 0 atom stereocenters. The molecule has 2 aromatic heterocycles. The van der Waals surface area contributed by atoms with E-state index in [1.807, 2.05) is 13.8 Å². The number of aryl methyl sites for hydroxylation is 2. The number of amides is 2. The first-order valence-corrected chi connectivity index (χ1v) is 11.9. The number of nitriles is 2.